The molecule has 5 N–H and O–H groups in total. The summed E-state index contributed by atoms with van der Waals surface area (Å²) in [6, 6.07) is 1.36. The molecule has 0 bridgehead atoms. The van der Waals surface area contributed by atoms with E-state index in [0.29, 0.717) is 0 Å². The number of aromatic amines is 2. The van der Waals surface area contributed by atoms with Crippen molar-refractivity contribution in [1.29, 1.82) is 0 Å². The second-order valence-electron chi connectivity index (χ2n) is 5.30. The number of hydrazone groups is 1. The van der Waals surface area contributed by atoms with E-state index in [1.807, 2.05) is 10.1 Å². The van der Waals surface area contributed by atoms with Crippen LogP contribution in [0.3, 0.4) is 0 Å². The molecule has 0 saturated heterocycles. The van der Waals surface area contributed by atoms with Crippen LogP contribution in [0.2, 0.25) is 0 Å². The fourth-order valence-electron chi connectivity index (χ4n) is 1.97. The van der Waals surface area contributed by atoms with Crippen LogP contribution >= 0.6 is 0 Å². The highest BCUT2D eigenvalue weighted by atomic mass is 16.6. The van der Waals surface area contributed by atoms with Gasteiger partial charge in [-0.3, -0.25) is 24.7 Å². The van der Waals surface area contributed by atoms with Crippen LogP contribution in [0, 0.1) is 10.1 Å². The van der Waals surface area contributed by atoms with Crippen LogP contribution in [0.4, 0.5) is 11.5 Å². The molecule has 0 unspecified atom stereocenters. The molecule has 14 nitrogen and oxygen atoms in total. The Balaban J connectivity index is 2.08. The van der Waals surface area contributed by atoms with E-state index in [0.717, 1.165) is 12.3 Å². The Kier molecular flexibility index (Phi) is 6.05. The number of hydrogen-bond acceptors (Lipinski definition) is 10. The fraction of sp³-hybridized carbons (Fsp3) is 0.214. The summed E-state index contributed by atoms with van der Waals surface area (Å²) in [4.78, 5) is 46.5. The predicted octanol–water partition coefficient (Wildman–Crippen LogP) is -0.969. The van der Waals surface area contributed by atoms with Gasteiger partial charge in [0.05, 0.1) is 18.2 Å². The zero-order valence-corrected chi connectivity index (χ0v) is 14.5. The molecule has 0 spiro atoms. The summed E-state index contributed by atoms with van der Waals surface area (Å²) in [5.41, 5.74) is 0.150. The number of hydrogen-bond donors (Lipinski definition) is 5. The van der Waals surface area contributed by atoms with Crippen LogP contribution in [-0.4, -0.2) is 50.5 Å². The van der Waals surface area contributed by atoms with E-state index in [2.05, 4.69) is 20.9 Å². The van der Waals surface area contributed by atoms with E-state index in [4.69, 9.17) is 4.74 Å². The van der Waals surface area contributed by atoms with Gasteiger partial charge < -0.3 is 15.2 Å². The van der Waals surface area contributed by atoms with Gasteiger partial charge in [0, 0.05) is 11.6 Å². The number of nitro groups is 1. The highest BCUT2D eigenvalue weighted by molar-refractivity contribution is 5.87. The summed E-state index contributed by atoms with van der Waals surface area (Å²) >= 11 is 0. The Hall–Kier alpha value is -4.23. The number of rotatable bonds is 7. The minimum atomic E-state index is -0.958. The molecule has 1 aromatic heterocycles. The molecule has 0 fully saturated rings. The van der Waals surface area contributed by atoms with Crippen molar-refractivity contribution >= 4 is 23.6 Å². The normalized spacial score (nSPS) is 11.8. The number of anilines is 1. The number of carbonyl (C=O) groups is 1. The first-order valence-electron chi connectivity index (χ1n) is 7.56. The molecule has 1 heterocycles. The maximum absolute atomic E-state index is 12.0. The van der Waals surface area contributed by atoms with Crippen molar-refractivity contribution in [2.45, 2.75) is 13.0 Å². The van der Waals surface area contributed by atoms with Crippen LogP contribution in [-0.2, 0) is 4.79 Å². The minimum absolute atomic E-state index is 0.139. The van der Waals surface area contributed by atoms with Crippen molar-refractivity contribution in [3.05, 3.63) is 48.6 Å². The standard InChI is InChI=1S/C14H15N7O7/c1-6(16-11-13(24)17-14(25)20-18-11)12(23)19-15-5-7-3-8(21(26)27)10(22)9(4-7)28-2/h3-6,22H,1-2H3,(H,16,18)(H,19,23)(H2,17,20,24,25)/b15-5+/t6-/m0/s1. The highest BCUT2D eigenvalue weighted by Gasteiger charge is 2.19. The van der Waals surface area contributed by atoms with Crippen molar-refractivity contribution < 1.29 is 19.6 Å². The molecule has 0 aliphatic heterocycles. The van der Waals surface area contributed by atoms with E-state index in [-0.39, 0.29) is 17.1 Å². The molecular formula is C14H15N7O7. The lowest BCUT2D eigenvalue weighted by Crippen LogP contribution is -2.38. The number of aromatic nitrogens is 3. The number of benzene rings is 1. The number of H-pyrrole nitrogens is 2. The monoisotopic (exact) mass is 393 g/mol. The zero-order chi connectivity index (χ0) is 20.8. The molecule has 2 aromatic rings. The molecule has 1 amide bonds. The van der Waals surface area contributed by atoms with Gasteiger partial charge in [-0.25, -0.2) is 15.3 Å². The van der Waals surface area contributed by atoms with Crippen LogP contribution in [0.25, 0.3) is 0 Å². The van der Waals surface area contributed by atoms with Crippen LogP contribution in [0.15, 0.2) is 26.8 Å². The number of phenols is 1. The SMILES string of the molecule is COc1cc(/C=N/NC(=O)[C@H](C)Nc2n[nH]c(=O)[nH]c2=O)cc([N+](=O)[O-])c1O. The molecule has 0 saturated carbocycles. The van der Waals surface area contributed by atoms with Crippen molar-refractivity contribution in [3.63, 3.8) is 0 Å². The molecule has 0 aliphatic rings. The van der Waals surface area contributed by atoms with Gasteiger partial charge in [0.15, 0.2) is 5.75 Å². The van der Waals surface area contributed by atoms with Crippen LogP contribution in [0.1, 0.15) is 12.5 Å². The Morgan fingerprint density at radius 1 is 1.46 bits per heavy atom. The molecule has 148 valence electrons. The topological polar surface area (TPSA) is 205 Å². The number of amides is 1. The predicted molar refractivity (Wildman–Crippen MR) is 95.6 cm³/mol. The van der Waals surface area contributed by atoms with Gasteiger partial charge in [0.2, 0.25) is 11.6 Å². The third kappa shape index (κ3) is 4.69. The van der Waals surface area contributed by atoms with Crippen molar-refractivity contribution in [2.24, 2.45) is 5.10 Å². The fourth-order valence-corrected chi connectivity index (χ4v) is 1.97. The number of phenolic OH excluding ortho intramolecular Hbond substituents is 1. The highest BCUT2D eigenvalue weighted by Crippen LogP contribution is 2.36. The zero-order valence-electron chi connectivity index (χ0n) is 14.5. The average molecular weight is 393 g/mol. The third-order valence-corrected chi connectivity index (χ3v) is 3.34. The number of carbonyl (C=O) groups excluding carboxylic acids is 1. The summed E-state index contributed by atoms with van der Waals surface area (Å²) in [5, 5.41) is 32.3. The Labute approximate surface area is 155 Å². The smallest absolute Gasteiger partial charge is 0.342 e. The van der Waals surface area contributed by atoms with Gasteiger partial charge in [-0.05, 0) is 13.0 Å². The number of ether oxygens (including phenoxy) is 1. The molecule has 14 heteroatoms. The number of methoxy groups -OCH3 is 1. The van der Waals surface area contributed by atoms with E-state index in [1.165, 1.54) is 20.1 Å². The van der Waals surface area contributed by atoms with Crippen LogP contribution < -0.4 is 26.7 Å². The molecule has 1 atom stereocenters. The number of nitrogens with one attached hydrogen (secondary N) is 4. The molecule has 2 rings (SSSR count). The Morgan fingerprint density at radius 3 is 2.79 bits per heavy atom. The maximum Gasteiger partial charge on any atom is 0.342 e. The van der Waals surface area contributed by atoms with E-state index < -0.39 is 39.6 Å². The first-order chi connectivity index (χ1) is 13.2. The van der Waals surface area contributed by atoms with Gasteiger partial charge in [0.25, 0.3) is 11.5 Å². The second-order valence-corrected chi connectivity index (χ2v) is 5.30. The lowest BCUT2D eigenvalue weighted by Gasteiger charge is -2.11. The van der Waals surface area contributed by atoms with Gasteiger partial charge in [-0.1, -0.05) is 0 Å². The summed E-state index contributed by atoms with van der Waals surface area (Å²) in [6.07, 6.45) is 1.10. The molecule has 1 aromatic carbocycles. The number of nitro benzene ring substituents is 1. The minimum Gasteiger partial charge on any atom is -0.500 e. The number of aromatic hydroxyl groups is 1. The van der Waals surface area contributed by atoms with E-state index >= 15 is 0 Å². The average Bonchev–Trinajstić information content (AvgIpc) is 2.64. The van der Waals surface area contributed by atoms with Crippen molar-refractivity contribution in [1.82, 2.24) is 20.6 Å². The Bertz CT molecular complexity index is 1040. The van der Waals surface area contributed by atoms with E-state index in [9.17, 15) is 29.6 Å². The second kappa shape index (κ2) is 8.43. The summed E-state index contributed by atoms with van der Waals surface area (Å²) in [5.74, 6) is -1.71. The molecular weight excluding hydrogens is 378 g/mol. The first kappa shape index (κ1) is 20.1. The van der Waals surface area contributed by atoms with Gasteiger partial charge in [0.1, 0.15) is 6.04 Å². The van der Waals surface area contributed by atoms with Gasteiger partial charge in [-0.2, -0.15) is 5.10 Å². The molecule has 0 aliphatic carbocycles. The molecule has 28 heavy (non-hydrogen) atoms. The van der Waals surface area contributed by atoms with Crippen LogP contribution in [0.5, 0.6) is 11.5 Å². The lowest BCUT2D eigenvalue weighted by atomic mass is 10.2. The summed E-state index contributed by atoms with van der Waals surface area (Å²) < 4.78 is 4.85. The van der Waals surface area contributed by atoms with Gasteiger partial charge >= 0.3 is 11.4 Å². The molecule has 0 radical (unpaired) electrons. The van der Waals surface area contributed by atoms with E-state index in [1.54, 1.807) is 0 Å². The van der Waals surface area contributed by atoms with Crippen molar-refractivity contribution in [2.75, 3.05) is 12.4 Å². The largest absolute Gasteiger partial charge is 0.500 e. The maximum atomic E-state index is 12.0. The van der Waals surface area contributed by atoms with Crippen molar-refractivity contribution in [3.8, 4) is 11.5 Å². The first-order valence-corrected chi connectivity index (χ1v) is 7.56. The third-order valence-electron chi connectivity index (χ3n) is 3.34. The number of nitrogens with zero attached hydrogens (tertiary/aromatic N) is 3. The Morgan fingerprint density at radius 2 is 2.18 bits per heavy atom. The lowest BCUT2D eigenvalue weighted by molar-refractivity contribution is -0.386. The summed E-state index contributed by atoms with van der Waals surface area (Å²) in [7, 11) is 1.22. The van der Waals surface area contributed by atoms with Gasteiger partial charge in [-0.15, -0.1) is 5.10 Å². The summed E-state index contributed by atoms with van der Waals surface area (Å²) in [6.45, 7) is 1.41. The quantitative estimate of drug-likeness (QED) is 0.222.